The van der Waals surface area contributed by atoms with Gasteiger partial charge in [0.15, 0.2) is 5.75 Å². The molecule has 116 valence electrons. The molecule has 0 atom stereocenters. The molecule has 0 radical (unpaired) electrons. The predicted octanol–water partition coefficient (Wildman–Crippen LogP) is 1.43. The lowest BCUT2D eigenvalue weighted by molar-refractivity contribution is 0.0338. The fourth-order valence-electron chi connectivity index (χ4n) is 2.63. The number of aromatic hydroxyl groups is 1. The number of hydrogen-bond donors (Lipinski definition) is 1. The van der Waals surface area contributed by atoms with Crippen molar-refractivity contribution in [2.45, 2.75) is 13.1 Å². The zero-order valence-corrected chi connectivity index (χ0v) is 12.4. The largest absolute Gasteiger partial charge is 0.503 e. The van der Waals surface area contributed by atoms with Gasteiger partial charge in [-0.2, -0.15) is 0 Å². The lowest BCUT2D eigenvalue weighted by atomic mass is 10.2. The summed E-state index contributed by atoms with van der Waals surface area (Å²) in [6.45, 7) is 4.10. The average molecular weight is 300 g/mol. The molecule has 1 aliphatic rings. The minimum Gasteiger partial charge on any atom is -0.503 e. The Balaban J connectivity index is 1.77. The minimum absolute atomic E-state index is 0.148. The molecule has 2 heterocycles. The van der Waals surface area contributed by atoms with Crippen LogP contribution in [0, 0.1) is 0 Å². The van der Waals surface area contributed by atoms with E-state index in [0.29, 0.717) is 31.9 Å². The highest BCUT2D eigenvalue weighted by molar-refractivity contribution is 5.29. The summed E-state index contributed by atoms with van der Waals surface area (Å²) in [5.41, 5.74) is 1.37. The third-order valence-corrected chi connectivity index (χ3v) is 3.92. The molecule has 0 unspecified atom stereocenters. The first-order chi connectivity index (χ1) is 10.7. The molecule has 5 nitrogen and oxygen atoms in total. The first-order valence-corrected chi connectivity index (χ1v) is 7.49. The van der Waals surface area contributed by atoms with Gasteiger partial charge in [0, 0.05) is 31.4 Å². The van der Waals surface area contributed by atoms with Crippen LogP contribution in [0.1, 0.15) is 11.1 Å². The van der Waals surface area contributed by atoms with Crippen LogP contribution in [0.25, 0.3) is 0 Å². The van der Waals surface area contributed by atoms with Gasteiger partial charge in [-0.1, -0.05) is 30.3 Å². The van der Waals surface area contributed by atoms with Crippen LogP contribution in [0.2, 0.25) is 0 Å². The van der Waals surface area contributed by atoms with Crippen molar-refractivity contribution in [3.05, 3.63) is 64.1 Å². The predicted molar refractivity (Wildman–Crippen MR) is 84.0 cm³/mol. The first-order valence-electron chi connectivity index (χ1n) is 7.49. The lowest BCUT2D eigenvalue weighted by Gasteiger charge is -2.26. The average Bonchev–Trinajstić information content (AvgIpc) is 2.56. The summed E-state index contributed by atoms with van der Waals surface area (Å²) in [7, 11) is 0. The fourth-order valence-corrected chi connectivity index (χ4v) is 2.63. The van der Waals surface area contributed by atoms with E-state index >= 15 is 0 Å². The Kier molecular flexibility index (Phi) is 4.56. The van der Waals surface area contributed by atoms with E-state index in [2.05, 4.69) is 4.90 Å². The third kappa shape index (κ3) is 3.37. The van der Waals surface area contributed by atoms with E-state index in [1.165, 1.54) is 4.57 Å². The molecule has 1 fully saturated rings. The maximum Gasteiger partial charge on any atom is 0.293 e. The summed E-state index contributed by atoms with van der Waals surface area (Å²) >= 11 is 0. The molecule has 0 amide bonds. The van der Waals surface area contributed by atoms with Crippen molar-refractivity contribution in [3.8, 4) is 5.75 Å². The summed E-state index contributed by atoms with van der Waals surface area (Å²) in [6.07, 6.45) is 1.75. The molecule has 0 aliphatic carbocycles. The number of rotatable bonds is 4. The molecule has 5 heteroatoms. The number of pyridine rings is 1. The fraction of sp³-hybridized carbons (Fsp3) is 0.353. The maximum atomic E-state index is 12.3. The standard InChI is InChI=1S/C17H20N2O3/c20-16-15(13-18-8-10-22-11-9-18)6-7-19(17(16)21)12-14-4-2-1-3-5-14/h1-7,20H,8-13H2. The number of ether oxygens (including phenoxy) is 1. The van der Waals surface area contributed by atoms with Crippen LogP contribution in [0.4, 0.5) is 0 Å². The maximum absolute atomic E-state index is 12.3. The Morgan fingerprint density at radius 3 is 2.50 bits per heavy atom. The third-order valence-electron chi connectivity index (χ3n) is 3.92. The van der Waals surface area contributed by atoms with Crippen LogP contribution in [-0.4, -0.2) is 40.9 Å². The zero-order chi connectivity index (χ0) is 15.4. The number of aromatic nitrogens is 1. The number of nitrogens with zero attached hydrogens (tertiary/aromatic N) is 2. The highest BCUT2D eigenvalue weighted by atomic mass is 16.5. The first kappa shape index (κ1) is 14.8. The van der Waals surface area contributed by atoms with E-state index in [0.717, 1.165) is 18.7 Å². The van der Waals surface area contributed by atoms with Crippen molar-refractivity contribution in [2.24, 2.45) is 0 Å². The number of morpholine rings is 1. The van der Waals surface area contributed by atoms with Gasteiger partial charge in [0.1, 0.15) is 0 Å². The van der Waals surface area contributed by atoms with Gasteiger partial charge in [0.25, 0.3) is 5.56 Å². The van der Waals surface area contributed by atoms with E-state index in [4.69, 9.17) is 4.74 Å². The smallest absolute Gasteiger partial charge is 0.293 e. The molecule has 1 N–H and O–H groups in total. The Morgan fingerprint density at radius 2 is 1.77 bits per heavy atom. The van der Waals surface area contributed by atoms with Gasteiger partial charge in [-0.3, -0.25) is 9.69 Å². The van der Waals surface area contributed by atoms with E-state index in [1.807, 2.05) is 36.4 Å². The SMILES string of the molecule is O=c1c(O)c(CN2CCOCC2)ccn1Cc1ccccc1. The van der Waals surface area contributed by atoms with Gasteiger partial charge in [-0.05, 0) is 11.6 Å². The van der Waals surface area contributed by atoms with Crippen LogP contribution in [-0.2, 0) is 17.8 Å². The zero-order valence-electron chi connectivity index (χ0n) is 12.4. The Bertz CT molecular complexity index is 676. The van der Waals surface area contributed by atoms with Gasteiger partial charge in [-0.15, -0.1) is 0 Å². The topological polar surface area (TPSA) is 54.7 Å². The normalized spacial score (nSPS) is 15.8. The molecule has 1 aliphatic heterocycles. The summed E-state index contributed by atoms with van der Waals surface area (Å²) in [6, 6.07) is 11.6. The van der Waals surface area contributed by atoms with Gasteiger partial charge >= 0.3 is 0 Å². The monoisotopic (exact) mass is 300 g/mol. The number of benzene rings is 1. The number of hydrogen-bond acceptors (Lipinski definition) is 4. The van der Waals surface area contributed by atoms with Crippen molar-refractivity contribution in [2.75, 3.05) is 26.3 Å². The molecule has 0 spiro atoms. The van der Waals surface area contributed by atoms with Crippen LogP contribution in [0.15, 0.2) is 47.4 Å². The van der Waals surface area contributed by atoms with Gasteiger partial charge in [0.2, 0.25) is 0 Å². The lowest BCUT2D eigenvalue weighted by Crippen LogP contribution is -2.36. The molecular weight excluding hydrogens is 280 g/mol. The Morgan fingerprint density at radius 1 is 1.05 bits per heavy atom. The van der Waals surface area contributed by atoms with Crippen LogP contribution < -0.4 is 5.56 Å². The van der Waals surface area contributed by atoms with Crippen molar-refractivity contribution in [1.82, 2.24) is 9.47 Å². The van der Waals surface area contributed by atoms with Crippen molar-refractivity contribution in [3.63, 3.8) is 0 Å². The molecule has 22 heavy (non-hydrogen) atoms. The van der Waals surface area contributed by atoms with E-state index < -0.39 is 0 Å². The van der Waals surface area contributed by atoms with Crippen molar-refractivity contribution >= 4 is 0 Å². The van der Waals surface area contributed by atoms with E-state index in [-0.39, 0.29) is 11.3 Å². The summed E-state index contributed by atoms with van der Waals surface area (Å²) in [4.78, 5) is 14.5. The van der Waals surface area contributed by atoms with E-state index in [1.54, 1.807) is 6.20 Å². The molecule has 2 aromatic rings. The molecule has 1 saturated heterocycles. The minimum atomic E-state index is -0.338. The van der Waals surface area contributed by atoms with Crippen molar-refractivity contribution in [1.29, 1.82) is 0 Å². The summed E-state index contributed by atoms with van der Waals surface area (Å²) in [5.74, 6) is -0.148. The highest BCUT2D eigenvalue weighted by Gasteiger charge is 2.15. The second kappa shape index (κ2) is 6.77. The second-order valence-electron chi connectivity index (χ2n) is 5.50. The molecule has 0 bridgehead atoms. The highest BCUT2D eigenvalue weighted by Crippen LogP contribution is 2.15. The van der Waals surface area contributed by atoms with Gasteiger partial charge in [-0.25, -0.2) is 0 Å². The molecule has 1 aromatic heterocycles. The van der Waals surface area contributed by atoms with E-state index in [9.17, 15) is 9.90 Å². The summed E-state index contributed by atoms with van der Waals surface area (Å²) in [5, 5.41) is 10.2. The van der Waals surface area contributed by atoms with Crippen LogP contribution in [0.5, 0.6) is 5.75 Å². The molecule has 3 rings (SSSR count). The quantitative estimate of drug-likeness (QED) is 0.928. The second-order valence-corrected chi connectivity index (χ2v) is 5.50. The Hall–Kier alpha value is -2.11. The Labute approximate surface area is 129 Å². The molecule has 0 saturated carbocycles. The molecular formula is C17H20N2O3. The van der Waals surface area contributed by atoms with Gasteiger partial charge < -0.3 is 14.4 Å². The summed E-state index contributed by atoms with van der Waals surface area (Å²) < 4.78 is 6.84. The van der Waals surface area contributed by atoms with Gasteiger partial charge in [0.05, 0.1) is 19.8 Å². The van der Waals surface area contributed by atoms with Crippen LogP contribution >= 0.6 is 0 Å². The van der Waals surface area contributed by atoms with Crippen LogP contribution in [0.3, 0.4) is 0 Å². The van der Waals surface area contributed by atoms with Crippen molar-refractivity contribution < 1.29 is 9.84 Å². The molecule has 1 aromatic carbocycles.